The number of nitrogens with two attached hydrogens (primary N) is 1. The third kappa shape index (κ3) is 3.09. The highest BCUT2D eigenvalue weighted by molar-refractivity contribution is 4.78. The zero-order valence-electron chi connectivity index (χ0n) is 8.29. The van der Waals surface area contributed by atoms with Crippen LogP contribution < -0.4 is 5.73 Å². The Hall–Kier alpha value is -0.120. The van der Waals surface area contributed by atoms with Crippen molar-refractivity contribution in [3.05, 3.63) is 0 Å². The van der Waals surface area contributed by atoms with E-state index < -0.39 is 0 Å². The van der Waals surface area contributed by atoms with Crippen molar-refractivity contribution in [2.75, 3.05) is 46.8 Å². The summed E-state index contributed by atoms with van der Waals surface area (Å²) in [6, 6.07) is 0. The lowest BCUT2D eigenvalue weighted by Crippen LogP contribution is -2.48. The monoisotopic (exact) mass is 171 g/mol. The largest absolute Gasteiger partial charge is 0.330 e. The average molecular weight is 171 g/mol. The van der Waals surface area contributed by atoms with Crippen LogP contribution in [0.2, 0.25) is 0 Å². The Morgan fingerprint density at radius 1 is 1.50 bits per heavy atom. The first-order valence-corrected chi connectivity index (χ1v) is 4.79. The molecular weight excluding hydrogens is 150 g/mol. The number of rotatable bonds is 5. The molecular formula is C9H21N3. The van der Waals surface area contributed by atoms with Crippen LogP contribution in [0.4, 0.5) is 0 Å². The summed E-state index contributed by atoms with van der Waals surface area (Å²) in [7, 11) is 4.37. The summed E-state index contributed by atoms with van der Waals surface area (Å²) in [5.41, 5.74) is 5.44. The van der Waals surface area contributed by atoms with Crippen LogP contribution in [-0.2, 0) is 0 Å². The zero-order valence-corrected chi connectivity index (χ0v) is 8.29. The fraction of sp³-hybridized carbons (Fsp3) is 1.00. The minimum atomic E-state index is 0.814. The molecule has 0 atom stereocenters. The van der Waals surface area contributed by atoms with E-state index >= 15 is 0 Å². The predicted molar refractivity (Wildman–Crippen MR) is 52.2 cm³/mol. The molecule has 0 radical (unpaired) electrons. The standard InChI is InChI=1S/C9H21N3/c1-11(5-3-4-10)6-9-7-12(2)8-9/h9H,3-8,10H2,1-2H3. The first kappa shape index (κ1) is 9.96. The fourth-order valence-corrected chi connectivity index (χ4v) is 1.84. The van der Waals surface area contributed by atoms with Crippen LogP contribution in [0.25, 0.3) is 0 Å². The average Bonchev–Trinajstić information content (AvgIpc) is 1.98. The van der Waals surface area contributed by atoms with E-state index in [1.54, 1.807) is 0 Å². The van der Waals surface area contributed by atoms with E-state index in [9.17, 15) is 0 Å². The Morgan fingerprint density at radius 2 is 2.17 bits per heavy atom. The van der Waals surface area contributed by atoms with Crippen molar-refractivity contribution >= 4 is 0 Å². The van der Waals surface area contributed by atoms with Crippen LogP contribution in [0.1, 0.15) is 6.42 Å². The van der Waals surface area contributed by atoms with Gasteiger partial charge in [0.2, 0.25) is 0 Å². The van der Waals surface area contributed by atoms with Gasteiger partial charge in [0.05, 0.1) is 0 Å². The van der Waals surface area contributed by atoms with E-state index in [0.717, 1.165) is 25.4 Å². The van der Waals surface area contributed by atoms with Crippen molar-refractivity contribution < 1.29 is 0 Å². The van der Waals surface area contributed by atoms with Crippen LogP contribution in [0.5, 0.6) is 0 Å². The van der Waals surface area contributed by atoms with Gasteiger partial charge in [-0.1, -0.05) is 0 Å². The van der Waals surface area contributed by atoms with Crippen LogP contribution >= 0.6 is 0 Å². The third-order valence-electron chi connectivity index (χ3n) is 2.45. The van der Waals surface area contributed by atoms with Gasteiger partial charge >= 0.3 is 0 Å². The molecule has 1 saturated heterocycles. The molecule has 2 N–H and O–H groups in total. The molecule has 0 bridgehead atoms. The first-order valence-electron chi connectivity index (χ1n) is 4.79. The van der Waals surface area contributed by atoms with E-state index in [1.807, 2.05) is 0 Å². The maximum absolute atomic E-state index is 5.44. The Morgan fingerprint density at radius 3 is 2.67 bits per heavy atom. The summed E-state index contributed by atoms with van der Waals surface area (Å²) in [4.78, 5) is 4.76. The lowest BCUT2D eigenvalue weighted by atomic mass is 10.0. The summed E-state index contributed by atoms with van der Waals surface area (Å²) in [5, 5.41) is 0. The molecule has 3 nitrogen and oxygen atoms in total. The molecule has 1 rings (SSSR count). The van der Waals surface area contributed by atoms with Crippen LogP contribution in [0.15, 0.2) is 0 Å². The van der Waals surface area contributed by atoms with Crippen molar-refractivity contribution in [3.8, 4) is 0 Å². The molecule has 1 aliphatic heterocycles. The van der Waals surface area contributed by atoms with Gasteiger partial charge in [0.25, 0.3) is 0 Å². The van der Waals surface area contributed by atoms with Crippen molar-refractivity contribution in [1.82, 2.24) is 9.80 Å². The zero-order chi connectivity index (χ0) is 8.97. The van der Waals surface area contributed by atoms with E-state index in [2.05, 4.69) is 23.9 Å². The van der Waals surface area contributed by atoms with Crippen molar-refractivity contribution in [2.45, 2.75) is 6.42 Å². The van der Waals surface area contributed by atoms with Gasteiger partial charge in [-0.25, -0.2) is 0 Å². The second-order valence-corrected chi connectivity index (χ2v) is 3.99. The highest BCUT2D eigenvalue weighted by Crippen LogP contribution is 2.13. The second kappa shape index (κ2) is 4.80. The van der Waals surface area contributed by atoms with Gasteiger partial charge in [-0.15, -0.1) is 0 Å². The molecule has 0 unspecified atom stereocenters. The molecule has 1 aliphatic rings. The van der Waals surface area contributed by atoms with Crippen LogP contribution in [-0.4, -0.2) is 56.6 Å². The molecule has 0 aliphatic carbocycles. The topological polar surface area (TPSA) is 32.5 Å². The van der Waals surface area contributed by atoms with Crippen molar-refractivity contribution in [3.63, 3.8) is 0 Å². The summed E-state index contributed by atoms with van der Waals surface area (Å²) in [6.45, 7) is 5.75. The van der Waals surface area contributed by atoms with Gasteiger partial charge in [-0.05, 0) is 39.5 Å². The van der Waals surface area contributed by atoms with E-state index in [0.29, 0.717) is 0 Å². The summed E-state index contributed by atoms with van der Waals surface area (Å²) >= 11 is 0. The SMILES string of the molecule is CN(CCCN)CC1CN(C)C1. The molecule has 12 heavy (non-hydrogen) atoms. The Kier molecular flexibility index (Phi) is 3.98. The highest BCUT2D eigenvalue weighted by Gasteiger charge is 2.23. The molecule has 0 spiro atoms. The van der Waals surface area contributed by atoms with Crippen molar-refractivity contribution in [1.29, 1.82) is 0 Å². The molecule has 0 saturated carbocycles. The number of likely N-dealkylation sites (tertiary alicyclic amines) is 1. The molecule has 1 fully saturated rings. The van der Waals surface area contributed by atoms with E-state index in [1.165, 1.54) is 19.6 Å². The Labute approximate surface area is 75.5 Å². The van der Waals surface area contributed by atoms with E-state index in [4.69, 9.17) is 5.73 Å². The van der Waals surface area contributed by atoms with Gasteiger partial charge < -0.3 is 15.5 Å². The van der Waals surface area contributed by atoms with Gasteiger partial charge in [-0.2, -0.15) is 0 Å². The lowest BCUT2D eigenvalue weighted by Gasteiger charge is -2.38. The smallest absolute Gasteiger partial charge is 0.00312 e. The Bertz CT molecular complexity index is 121. The quantitative estimate of drug-likeness (QED) is 0.623. The van der Waals surface area contributed by atoms with Crippen LogP contribution in [0, 0.1) is 5.92 Å². The number of hydrogen-bond donors (Lipinski definition) is 1. The molecule has 1 heterocycles. The number of hydrogen-bond acceptors (Lipinski definition) is 3. The van der Waals surface area contributed by atoms with Gasteiger partial charge in [0.1, 0.15) is 0 Å². The maximum Gasteiger partial charge on any atom is 0.00312 e. The minimum Gasteiger partial charge on any atom is -0.330 e. The molecule has 0 aromatic carbocycles. The third-order valence-corrected chi connectivity index (χ3v) is 2.45. The van der Waals surface area contributed by atoms with E-state index in [-0.39, 0.29) is 0 Å². The normalized spacial score (nSPS) is 20.0. The molecule has 0 aromatic rings. The summed E-state index contributed by atoms with van der Waals surface area (Å²) < 4.78 is 0. The molecule has 0 aromatic heterocycles. The summed E-state index contributed by atoms with van der Waals surface area (Å²) in [5.74, 6) is 0.901. The first-order chi connectivity index (χ1) is 5.72. The summed E-state index contributed by atoms with van der Waals surface area (Å²) in [6.07, 6.45) is 1.12. The number of nitrogens with zero attached hydrogens (tertiary/aromatic N) is 2. The second-order valence-electron chi connectivity index (χ2n) is 3.99. The lowest BCUT2D eigenvalue weighted by molar-refractivity contribution is 0.100. The van der Waals surface area contributed by atoms with Crippen LogP contribution in [0.3, 0.4) is 0 Å². The van der Waals surface area contributed by atoms with Gasteiger partial charge in [0.15, 0.2) is 0 Å². The fourth-order valence-electron chi connectivity index (χ4n) is 1.84. The maximum atomic E-state index is 5.44. The predicted octanol–water partition coefficient (Wildman–Crippen LogP) is -0.171. The minimum absolute atomic E-state index is 0.814. The highest BCUT2D eigenvalue weighted by atomic mass is 15.2. The molecule has 72 valence electrons. The molecule has 0 amide bonds. The van der Waals surface area contributed by atoms with Gasteiger partial charge in [0, 0.05) is 19.6 Å². The Balaban J connectivity index is 1.98. The molecule has 3 heteroatoms. The van der Waals surface area contributed by atoms with Crippen molar-refractivity contribution in [2.24, 2.45) is 11.7 Å². The van der Waals surface area contributed by atoms with Gasteiger partial charge in [-0.3, -0.25) is 0 Å².